The number of aliphatic hydroxyl groups is 1. The zero-order valence-electron chi connectivity index (χ0n) is 10.5. The average molecular weight is 335 g/mol. The van der Waals surface area contributed by atoms with Gasteiger partial charge in [-0.3, -0.25) is 0 Å². The zero-order valence-corrected chi connectivity index (χ0v) is 12.1. The van der Waals surface area contributed by atoms with E-state index in [0.29, 0.717) is 5.69 Å². The van der Waals surface area contributed by atoms with Crippen LogP contribution in [0.5, 0.6) is 0 Å². The number of hydrogen-bond acceptors (Lipinski definition) is 3. The van der Waals surface area contributed by atoms with E-state index in [2.05, 4.69) is 21.2 Å². The van der Waals surface area contributed by atoms with Crippen molar-refractivity contribution in [1.82, 2.24) is 0 Å². The molecule has 0 spiro atoms. The second-order valence-electron chi connectivity index (χ2n) is 4.25. The fraction of sp³-hybridized carbons (Fsp3) is 0.133. The Morgan fingerprint density at radius 1 is 1.30 bits per heavy atom. The van der Waals surface area contributed by atoms with Crippen molar-refractivity contribution in [3.63, 3.8) is 0 Å². The fourth-order valence-electron chi connectivity index (χ4n) is 1.80. The lowest BCUT2D eigenvalue weighted by Gasteiger charge is -2.14. The number of hydrogen-bond donors (Lipinski definition) is 2. The van der Waals surface area contributed by atoms with Crippen molar-refractivity contribution in [2.45, 2.75) is 6.10 Å². The first kappa shape index (κ1) is 14.5. The molecule has 0 heterocycles. The number of nitrogens with one attached hydrogen (secondary N) is 1. The third-order valence-corrected chi connectivity index (χ3v) is 3.31. The van der Waals surface area contributed by atoms with E-state index < -0.39 is 11.9 Å². The van der Waals surface area contributed by atoms with Gasteiger partial charge in [0.05, 0.1) is 17.4 Å². The van der Waals surface area contributed by atoms with Gasteiger partial charge in [-0.25, -0.2) is 4.39 Å². The van der Waals surface area contributed by atoms with Crippen molar-refractivity contribution in [1.29, 1.82) is 5.26 Å². The second kappa shape index (κ2) is 6.51. The number of rotatable bonds is 4. The molecule has 102 valence electrons. The molecule has 2 aromatic carbocycles. The fourth-order valence-corrected chi connectivity index (χ4v) is 2.22. The van der Waals surface area contributed by atoms with Crippen LogP contribution in [0.25, 0.3) is 0 Å². The summed E-state index contributed by atoms with van der Waals surface area (Å²) in [5.74, 6) is -0.459. The third kappa shape index (κ3) is 3.56. The summed E-state index contributed by atoms with van der Waals surface area (Å²) in [7, 11) is 0. The summed E-state index contributed by atoms with van der Waals surface area (Å²) in [6.45, 7) is 0.233. The van der Waals surface area contributed by atoms with Crippen LogP contribution in [0.15, 0.2) is 46.9 Å². The van der Waals surface area contributed by atoms with Gasteiger partial charge in [-0.1, -0.05) is 28.1 Å². The number of anilines is 1. The van der Waals surface area contributed by atoms with Crippen molar-refractivity contribution >= 4 is 21.6 Å². The van der Waals surface area contributed by atoms with E-state index in [1.165, 1.54) is 12.1 Å². The van der Waals surface area contributed by atoms with E-state index in [4.69, 9.17) is 5.26 Å². The number of benzene rings is 2. The Balaban J connectivity index is 2.07. The van der Waals surface area contributed by atoms with E-state index in [0.717, 1.165) is 16.1 Å². The maximum Gasteiger partial charge on any atom is 0.124 e. The molecule has 0 amide bonds. The summed E-state index contributed by atoms with van der Waals surface area (Å²) < 4.78 is 13.9. The molecule has 0 fully saturated rings. The van der Waals surface area contributed by atoms with Gasteiger partial charge in [0.2, 0.25) is 0 Å². The van der Waals surface area contributed by atoms with Crippen LogP contribution in [0.2, 0.25) is 0 Å². The van der Waals surface area contributed by atoms with Gasteiger partial charge >= 0.3 is 0 Å². The minimum atomic E-state index is -0.718. The van der Waals surface area contributed by atoms with Crippen LogP contribution >= 0.6 is 15.9 Å². The second-order valence-corrected chi connectivity index (χ2v) is 5.17. The molecule has 0 aromatic heterocycles. The highest BCUT2D eigenvalue weighted by molar-refractivity contribution is 9.10. The van der Waals surface area contributed by atoms with Crippen LogP contribution in [0.3, 0.4) is 0 Å². The van der Waals surface area contributed by atoms with Crippen LogP contribution in [-0.2, 0) is 0 Å². The van der Waals surface area contributed by atoms with Gasteiger partial charge in [-0.05, 0) is 35.9 Å². The SMILES string of the molecule is N#Cc1cc(F)ccc1NCC(O)c1cccc(Br)c1. The molecule has 2 N–H and O–H groups in total. The monoisotopic (exact) mass is 334 g/mol. The van der Waals surface area contributed by atoms with Gasteiger partial charge in [0, 0.05) is 11.0 Å². The Hall–Kier alpha value is -1.90. The van der Waals surface area contributed by atoms with E-state index in [-0.39, 0.29) is 12.1 Å². The minimum absolute atomic E-state index is 0.214. The lowest BCUT2D eigenvalue weighted by atomic mass is 10.1. The van der Waals surface area contributed by atoms with Crippen LogP contribution in [-0.4, -0.2) is 11.7 Å². The molecule has 3 nitrogen and oxygen atoms in total. The molecule has 0 bridgehead atoms. The normalized spacial score (nSPS) is 11.7. The molecular formula is C15H12BrFN2O. The summed E-state index contributed by atoms with van der Waals surface area (Å²) in [4.78, 5) is 0. The maximum absolute atomic E-state index is 13.0. The van der Waals surface area contributed by atoms with Gasteiger partial charge in [-0.15, -0.1) is 0 Å². The van der Waals surface area contributed by atoms with E-state index in [1.54, 1.807) is 0 Å². The molecule has 5 heteroatoms. The first-order valence-corrected chi connectivity index (χ1v) is 6.76. The van der Waals surface area contributed by atoms with E-state index >= 15 is 0 Å². The van der Waals surface area contributed by atoms with Gasteiger partial charge in [0.1, 0.15) is 11.9 Å². The highest BCUT2D eigenvalue weighted by Gasteiger charge is 2.09. The third-order valence-electron chi connectivity index (χ3n) is 2.82. The number of halogens is 2. The number of nitriles is 1. The standard InChI is InChI=1S/C15H12BrFN2O/c16-12-3-1-2-10(6-12)15(20)9-19-14-5-4-13(17)7-11(14)8-18/h1-7,15,19-20H,9H2. The molecule has 2 aromatic rings. The smallest absolute Gasteiger partial charge is 0.124 e. The Morgan fingerprint density at radius 2 is 2.10 bits per heavy atom. The van der Waals surface area contributed by atoms with Crippen molar-refractivity contribution in [2.24, 2.45) is 0 Å². The van der Waals surface area contributed by atoms with Gasteiger partial charge in [0.25, 0.3) is 0 Å². The van der Waals surface area contributed by atoms with E-state index in [9.17, 15) is 9.50 Å². The highest BCUT2D eigenvalue weighted by atomic mass is 79.9. The van der Waals surface area contributed by atoms with E-state index in [1.807, 2.05) is 30.3 Å². The minimum Gasteiger partial charge on any atom is -0.387 e. The first-order valence-electron chi connectivity index (χ1n) is 5.97. The highest BCUT2D eigenvalue weighted by Crippen LogP contribution is 2.20. The molecule has 0 saturated carbocycles. The van der Waals surface area contributed by atoms with Gasteiger partial charge in [0.15, 0.2) is 0 Å². The average Bonchev–Trinajstić information content (AvgIpc) is 2.45. The topological polar surface area (TPSA) is 56.0 Å². The Kier molecular flexibility index (Phi) is 4.72. The van der Waals surface area contributed by atoms with Gasteiger partial charge < -0.3 is 10.4 Å². The summed E-state index contributed by atoms with van der Waals surface area (Å²) in [5.41, 5.74) is 1.47. The molecule has 0 aliphatic heterocycles. The molecule has 0 radical (unpaired) electrons. The summed E-state index contributed by atoms with van der Waals surface area (Å²) in [6.07, 6.45) is -0.718. The Bertz CT molecular complexity index is 655. The largest absolute Gasteiger partial charge is 0.387 e. The molecular weight excluding hydrogens is 323 g/mol. The Morgan fingerprint density at radius 3 is 2.80 bits per heavy atom. The molecule has 1 unspecified atom stereocenters. The molecule has 2 rings (SSSR count). The van der Waals surface area contributed by atoms with Crippen LogP contribution in [0.1, 0.15) is 17.2 Å². The molecule has 20 heavy (non-hydrogen) atoms. The van der Waals surface area contributed by atoms with Crippen molar-refractivity contribution in [3.05, 3.63) is 63.9 Å². The van der Waals surface area contributed by atoms with Gasteiger partial charge in [-0.2, -0.15) is 5.26 Å². The summed E-state index contributed by atoms with van der Waals surface area (Å²) in [5, 5.41) is 22.0. The lowest BCUT2D eigenvalue weighted by molar-refractivity contribution is 0.191. The van der Waals surface area contributed by atoms with Crippen molar-refractivity contribution in [2.75, 3.05) is 11.9 Å². The van der Waals surface area contributed by atoms with Crippen LogP contribution in [0, 0.1) is 17.1 Å². The van der Waals surface area contributed by atoms with Crippen molar-refractivity contribution < 1.29 is 9.50 Å². The zero-order chi connectivity index (χ0) is 14.5. The predicted molar refractivity (Wildman–Crippen MR) is 78.7 cm³/mol. The number of nitrogens with zero attached hydrogens (tertiary/aromatic N) is 1. The Labute approximate surface area is 124 Å². The summed E-state index contributed by atoms with van der Waals surface area (Å²) >= 11 is 3.34. The predicted octanol–water partition coefficient (Wildman–Crippen LogP) is 3.61. The van der Waals surface area contributed by atoms with Crippen LogP contribution in [0.4, 0.5) is 10.1 Å². The molecule has 0 saturated heterocycles. The quantitative estimate of drug-likeness (QED) is 0.898. The lowest BCUT2D eigenvalue weighted by Crippen LogP contribution is -2.13. The molecule has 0 aliphatic rings. The molecule has 1 atom stereocenters. The van der Waals surface area contributed by atoms with Crippen molar-refractivity contribution in [3.8, 4) is 6.07 Å². The number of aliphatic hydroxyl groups excluding tert-OH is 1. The summed E-state index contributed by atoms with van der Waals surface area (Å²) in [6, 6.07) is 13.2. The maximum atomic E-state index is 13.0. The molecule has 0 aliphatic carbocycles. The van der Waals surface area contributed by atoms with Crippen LogP contribution < -0.4 is 5.32 Å². The first-order chi connectivity index (χ1) is 9.60.